The normalized spacial score (nSPS) is 17.2. The van der Waals surface area contributed by atoms with Gasteiger partial charge in [-0.1, -0.05) is 48.0 Å². The highest BCUT2D eigenvalue weighted by Gasteiger charge is 2.27. The van der Waals surface area contributed by atoms with E-state index in [2.05, 4.69) is 31.2 Å². The number of primary amides is 1. The minimum Gasteiger partial charge on any atom is -0.369 e. The Balaban J connectivity index is 2.25. The number of rotatable bonds is 1. The summed E-state index contributed by atoms with van der Waals surface area (Å²) in [7, 11) is 0. The van der Waals surface area contributed by atoms with Gasteiger partial charge in [-0.3, -0.25) is 4.79 Å². The molecule has 2 aromatic rings. The Bertz CT molecular complexity index is 645. The van der Waals surface area contributed by atoms with Gasteiger partial charge < -0.3 is 5.73 Å². The lowest BCUT2D eigenvalue weighted by Gasteiger charge is -2.17. The molecule has 0 heterocycles. The zero-order valence-corrected chi connectivity index (χ0v) is 11.0. The van der Waals surface area contributed by atoms with E-state index in [0.29, 0.717) is 0 Å². The quantitative estimate of drug-likeness (QED) is 0.832. The van der Waals surface area contributed by atoms with E-state index in [1.807, 2.05) is 18.2 Å². The standard InChI is InChI=1S/C17H17NO/c1-11-6-7-13-9-8-12-4-2-3-5-14(12)16(17(18)19)15(13)10-11/h2-7,10,16H,8-9H2,1H3,(H2,18,19)/t16-/m0/s1. The second-order valence-corrected chi connectivity index (χ2v) is 5.24. The molecule has 0 bridgehead atoms. The van der Waals surface area contributed by atoms with E-state index < -0.39 is 0 Å². The number of amides is 1. The average molecular weight is 251 g/mol. The van der Waals surface area contributed by atoms with Crippen LogP contribution in [0.3, 0.4) is 0 Å². The third-order valence-corrected chi connectivity index (χ3v) is 3.93. The van der Waals surface area contributed by atoms with Crippen LogP contribution in [0, 0.1) is 6.92 Å². The molecule has 2 nitrogen and oxygen atoms in total. The smallest absolute Gasteiger partial charge is 0.229 e. The van der Waals surface area contributed by atoms with Crippen LogP contribution >= 0.6 is 0 Å². The van der Waals surface area contributed by atoms with Crippen LogP contribution in [-0.2, 0) is 17.6 Å². The molecule has 0 radical (unpaired) electrons. The predicted molar refractivity (Wildman–Crippen MR) is 76.1 cm³/mol. The summed E-state index contributed by atoms with van der Waals surface area (Å²) in [5.41, 5.74) is 11.5. The van der Waals surface area contributed by atoms with Crippen molar-refractivity contribution in [2.75, 3.05) is 0 Å². The van der Waals surface area contributed by atoms with Crippen LogP contribution in [0.15, 0.2) is 42.5 Å². The molecule has 2 heteroatoms. The van der Waals surface area contributed by atoms with E-state index >= 15 is 0 Å². The van der Waals surface area contributed by atoms with Crippen molar-refractivity contribution in [1.82, 2.24) is 0 Å². The van der Waals surface area contributed by atoms with E-state index in [1.165, 1.54) is 16.7 Å². The lowest BCUT2D eigenvalue weighted by atomic mass is 9.87. The lowest BCUT2D eigenvalue weighted by molar-refractivity contribution is -0.118. The van der Waals surface area contributed by atoms with Gasteiger partial charge in [0.05, 0.1) is 5.92 Å². The fraction of sp³-hybridized carbons (Fsp3) is 0.235. The fourth-order valence-corrected chi connectivity index (χ4v) is 3.00. The Kier molecular flexibility index (Phi) is 2.86. The Morgan fingerprint density at radius 1 is 1.05 bits per heavy atom. The van der Waals surface area contributed by atoms with Crippen LogP contribution in [0.5, 0.6) is 0 Å². The Morgan fingerprint density at radius 3 is 2.47 bits per heavy atom. The highest BCUT2D eigenvalue weighted by Crippen LogP contribution is 2.34. The van der Waals surface area contributed by atoms with Crippen molar-refractivity contribution in [2.45, 2.75) is 25.7 Å². The fourth-order valence-electron chi connectivity index (χ4n) is 3.00. The molecule has 1 amide bonds. The van der Waals surface area contributed by atoms with E-state index in [9.17, 15) is 4.79 Å². The summed E-state index contributed by atoms with van der Waals surface area (Å²) >= 11 is 0. The molecule has 0 aromatic heterocycles. The second-order valence-electron chi connectivity index (χ2n) is 5.24. The van der Waals surface area contributed by atoms with Gasteiger partial charge in [0.2, 0.25) is 5.91 Å². The van der Waals surface area contributed by atoms with Crippen LogP contribution < -0.4 is 5.73 Å². The number of carbonyl (C=O) groups is 1. The number of fused-ring (bicyclic) bond motifs is 2. The topological polar surface area (TPSA) is 43.1 Å². The largest absolute Gasteiger partial charge is 0.369 e. The Hall–Kier alpha value is -2.09. The maximum Gasteiger partial charge on any atom is 0.229 e. The van der Waals surface area contributed by atoms with Crippen LogP contribution in [-0.4, -0.2) is 5.91 Å². The van der Waals surface area contributed by atoms with E-state index in [1.54, 1.807) is 0 Å². The first-order valence-corrected chi connectivity index (χ1v) is 6.63. The van der Waals surface area contributed by atoms with Crippen molar-refractivity contribution in [1.29, 1.82) is 0 Å². The van der Waals surface area contributed by atoms with Crippen LogP contribution in [0.4, 0.5) is 0 Å². The summed E-state index contributed by atoms with van der Waals surface area (Å²) in [6, 6.07) is 14.5. The molecule has 0 aliphatic heterocycles. The minimum absolute atomic E-state index is 0.263. The van der Waals surface area contributed by atoms with Crippen molar-refractivity contribution >= 4 is 5.91 Å². The predicted octanol–water partition coefficient (Wildman–Crippen LogP) is 2.71. The third-order valence-electron chi connectivity index (χ3n) is 3.93. The summed E-state index contributed by atoms with van der Waals surface area (Å²) in [4.78, 5) is 12.0. The van der Waals surface area contributed by atoms with Gasteiger partial charge in [-0.05, 0) is 42.0 Å². The number of benzene rings is 2. The molecule has 2 aromatic carbocycles. The van der Waals surface area contributed by atoms with Crippen LogP contribution in [0.2, 0.25) is 0 Å². The SMILES string of the molecule is Cc1ccc2c(c1)[C@@H](C(N)=O)c1ccccc1CC2. The van der Waals surface area contributed by atoms with Gasteiger partial charge in [0.15, 0.2) is 0 Å². The molecular formula is C17H17NO. The number of aryl methyl sites for hydroxylation is 3. The molecule has 19 heavy (non-hydrogen) atoms. The van der Waals surface area contributed by atoms with E-state index in [4.69, 9.17) is 5.73 Å². The third kappa shape index (κ3) is 2.03. The van der Waals surface area contributed by atoms with Gasteiger partial charge in [-0.2, -0.15) is 0 Å². The lowest BCUT2D eigenvalue weighted by Crippen LogP contribution is -2.23. The summed E-state index contributed by atoms with van der Waals surface area (Å²) in [5, 5.41) is 0. The maximum atomic E-state index is 12.0. The van der Waals surface area contributed by atoms with E-state index in [0.717, 1.165) is 24.0 Å². The molecule has 0 unspecified atom stereocenters. The van der Waals surface area contributed by atoms with Crippen molar-refractivity contribution in [3.63, 3.8) is 0 Å². The van der Waals surface area contributed by atoms with Crippen molar-refractivity contribution in [2.24, 2.45) is 5.73 Å². The Labute approximate surface area is 113 Å². The molecule has 1 aliphatic rings. The minimum atomic E-state index is -0.311. The second kappa shape index (κ2) is 4.54. The highest BCUT2D eigenvalue weighted by atomic mass is 16.1. The molecule has 1 aliphatic carbocycles. The average Bonchev–Trinajstić information content (AvgIpc) is 2.54. The summed E-state index contributed by atoms with van der Waals surface area (Å²) in [6.07, 6.45) is 1.94. The highest BCUT2D eigenvalue weighted by molar-refractivity contribution is 5.86. The number of hydrogen-bond acceptors (Lipinski definition) is 1. The van der Waals surface area contributed by atoms with Gasteiger partial charge in [-0.25, -0.2) is 0 Å². The monoisotopic (exact) mass is 251 g/mol. The molecule has 0 saturated carbocycles. The zero-order valence-electron chi connectivity index (χ0n) is 11.0. The molecule has 0 fully saturated rings. The molecule has 0 saturated heterocycles. The molecular weight excluding hydrogens is 234 g/mol. The van der Waals surface area contributed by atoms with Crippen molar-refractivity contribution in [3.8, 4) is 0 Å². The first-order chi connectivity index (χ1) is 9.16. The first-order valence-electron chi connectivity index (χ1n) is 6.63. The van der Waals surface area contributed by atoms with Crippen molar-refractivity contribution < 1.29 is 4.79 Å². The number of carbonyl (C=O) groups excluding carboxylic acids is 1. The molecule has 1 atom stereocenters. The van der Waals surface area contributed by atoms with Gasteiger partial charge in [0.1, 0.15) is 0 Å². The van der Waals surface area contributed by atoms with Gasteiger partial charge in [0.25, 0.3) is 0 Å². The summed E-state index contributed by atoms with van der Waals surface area (Å²) in [6.45, 7) is 2.05. The number of hydrogen-bond donors (Lipinski definition) is 1. The molecule has 3 rings (SSSR count). The molecule has 96 valence electrons. The van der Waals surface area contributed by atoms with E-state index in [-0.39, 0.29) is 11.8 Å². The first kappa shape index (κ1) is 12.0. The summed E-state index contributed by atoms with van der Waals surface area (Å²) < 4.78 is 0. The molecule has 0 spiro atoms. The van der Waals surface area contributed by atoms with Gasteiger partial charge >= 0.3 is 0 Å². The van der Waals surface area contributed by atoms with Crippen LogP contribution in [0.1, 0.15) is 33.7 Å². The van der Waals surface area contributed by atoms with Gasteiger partial charge in [-0.15, -0.1) is 0 Å². The van der Waals surface area contributed by atoms with Gasteiger partial charge in [0, 0.05) is 0 Å². The zero-order chi connectivity index (χ0) is 13.4. The van der Waals surface area contributed by atoms with Crippen LogP contribution in [0.25, 0.3) is 0 Å². The number of nitrogens with two attached hydrogens (primary N) is 1. The maximum absolute atomic E-state index is 12.0. The van der Waals surface area contributed by atoms with Crippen molar-refractivity contribution in [3.05, 3.63) is 70.3 Å². The molecule has 2 N–H and O–H groups in total. The Morgan fingerprint density at radius 2 is 1.74 bits per heavy atom. The summed E-state index contributed by atoms with van der Waals surface area (Å²) in [5.74, 6) is -0.574.